The molecule has 1 atom stereocenters. The Morgan fingerprint density at radius 3 is 2.36 bits per heavy atom. The van der Waals surface area contributed by atoms with Crippen LogP contribution in [0.2, 0.25) is 0 Å². The standard InChI is InChI=1S/C13H25N/c1-4-11(3)14-10-13-8-6-12(5-2)7-9-13/h4,11-14H,1,5-10H2,2-3H3. The second-order valence-electron chi connectivity index (χ2n) is 4.73. The van der Waals surface area contributed by atoms with Crippen molar-refractivity contribution in [2.45, 2.75) is 52.0 Å². The molecule has 1 fully saturated rings. The fourth-order valence-corrected chi connectivity index (χ4v) is 2.28. The van der Waals surface area contributed by atoms with Crippen LogP contribution in [-0.2, 0) is 0 Å². The number of rotatable bonds is 5. The van der Waals surface area contributed by atoms with Crippen molar-refractivity contribution in [2.75, 3.05) is 6.54 Å². The first kappa shape index (κ1) is 11.8. The Kier molecular flexibility index (Phi) is 5.24. The summed E-state index contributed by atoms with van der Waals surface area (Å²) in [5.74, 6) is 1.93. The van der Waals surface area contributed by atoms with Crippen LogP contribution in [0, 0.1) is 11.8 Å². The molecule has 0 spiro atoms. The van der Waals surface area contributed by atoms with Crippen molar-refractivity contribution in [3.63, 3.8) is 0 Å². The molecule has 0 bridgehead atoms. The summed E-state index contributed by atoms with van der Waals surface area (Å²) in [5.41, 5.74) is 0. The monoisotopic (exact) mass is 195 g/mol. The predicted molar refractivity (Wildman–Crippen MR) is 63.4 cm³/mol. The SMILES string of the molecule is C=CC(C)NCC1CCC(CC)CC1. The third-order valence-corrected chi connectivity index (χ3v) is 3.63. The molecule has 0 aromatic carbocycles. The fraction of sp³-hybridized carbons (Fsp3) is 0.846. The second kappa shape index (κ2) is 6.23. The molecule has 1 aliphatic rings. The van der Waals surface area contributed by atoms with Gasteiger partial charge in [0.25, 0.3) is 0 Å². The van der Waals surface area contributed by atoms with Gasteiger partial charge < -0.3 is 5.32 Å². The van der Waals surface area contributed by atoms with Crippen molar-refractivity contribution in [3.8, 4) is 0 Å². The number of hydrogen-bond acceptors (Lipinski definition) is 1. The van der Waals surface area contributed by atoms with Crippen LogP contribution in [0.15, 0.2) is 12.7 Å². The Balaban J connectivity index is 2.12. The average molecular weight is 195 g/mol. The van der Waals surface area contributed by atoms with Crippen molar-refractivity contribution in [2.24, 2.45) is 11.8 Å². The summed E-state index contributed by atoms with van der Waals surface area (Å²) in [5, 5.41) is 3.52. The summed E-state index contributed by atoms with van der Waals surface area (Å²) < 4.78 is 0. The molecule has 0 aromatic heterocycles. The number of hydrogen-bond donors (Lipinski definition) is 1. The molecule has 1 saturated carbocycles. The Morgan fingerprint density at radius 1 is 1.29 bits per heavy atom. The molecular formula is C13H25N. The van der Waals surface area contributed by atoms with E-state index in [1.54, 1.807) is 0 Å². The molecule has 1 N–H and O–H groups in total. The van der Waals surface area contributed by atoms with Crippen LogP contribution >= 0.6 is 0 Å². The first-order chi connectivity index (χ1) is 6.76. The Labute approximate surface area is 89.0 Å². The van der Waals surface area contributed by atoms with Crippen molar-refractivity contribution >= 4 is 0 Å². The maximum absolute atomic E-state index is 3.79. The molecule has 1 unspecified atom stereocenters. The van der Waals surface area contributed by atoms with Crippen LogP contribution in [0.3, 0.4) is 0 Å². The molecular weight excluding hydrogens is 170 g/mol. The largest absolute Gasteiger partial charge is 0.311 e. The summed E-state index contributed by atoms with van der Waals surface area (Å²) in [6.07, 6.45) is 9.11. The molecule has 0 radical (unpaired) electrons. The molecule has 1 nitrogen and oxygen atoms in total. The van der Waals surface area contributed by atoms with E-state index in [4.69, 9.17) is 0 Å². The highest BCUT2D eigenvalue weighted by atomic mass is 14.9. The van der Waals surface area contributed by atoms with E-state index in [-0.39, 0.29) is 0 Å². The number of nitrogens with one attached hydrogen (secondary N) is 1. The van der Waals surface area contributed by atoms with Crippen LogP contribution in [-0.4, -0.2) is 12.6 Å². The molecule has 1 aliphatic carbocycles. The van der Waals surface area contributed by atoms with Gasteiger partial charge in [-0.15, -0.1) is 6.58 Å². The predicted octanol–water partition coefficient (Wildman–Crippen LogP) is 3.37. The zero-order valence-electron chi connectivity index (χ0n) is 9.76. The third kappa shape index (κ3) is 3.83. The summed E-state index contributed by atoms with van der Waals surface area (Å²) in [7, 11) is 0. The lowest BCUT2D eigenvalue weighted by Gasteiger charge is -2.28. The molecule has 0 aromatic rings. The highest BCUT2D eigenvalue weighted by Crippen LogP contribution is 2.30. The fourth-order valence-electron chi connectivity index (χ4n) is 2.28. The van der Waals surface area contributed by atoms with E-state index in [1.165, 1.54) is 38.6 Å². The molecule has 14 heavy (non-hydrogen) atoms. The Bertz CT molecular complexity index is 157. The molecule has 0 aliphatic heterocycles. The summed E-state index contributed by atoms with van der Waals surface area (Å²) in [6.45, 7) is 9.47. The first-order valence-electron chi connectivity index (χ1n) is 6.12. The zero-order chi connectivity index (χ0) is 10.4. The van der Waals surface area contributed by atoms with E-state index in [0.717, 1.165) is 11.8 Å². The van der Waals surface area contributed by atoms with E-state index in [2.05, 4.69) is 25.7 Å². The normalized spacial score (nSPS) is 29.9. The summed E-state index contributed by atoms with van der Waals surface area (Å²) in [6, 6.07) is 0.471. The topological polar surface area (TPSA) is 12.0 Å². The van der Waals surface area contributed by atoms with Crippen molar-refractivity contribution < 1.29 is 0 Å². The van der Waals surface area contributed by atoms with Gasteiger partial charge >= 0.3 is 0 Å². The summed E-state index contributed by atoms with van der Waals surface area (Å²) in [4.78, 5) is 0. The summed E-state index contributed by atoms with van der Waals surface area (Å²) >= 11 is 0. The van der Waals surface area contributed by atoms with E-state index >= 15 is 0 Å². The van der Waals surface area contributed by atoms with Gasteiger partial charge in [0.05, 0.1) is 0 Å². The van der Waals surface area contributed by atoms with Crippen molar-refractivity contribution in [1.29, 1.82) is 0 Å². The van der Waals surface area contributed by atoms with Crippen molar-refractivity contribution in [3.05, 3.63) is 12.7 Å². The Morgan fingerprint density at radius 2 is 1.86 bits per heavy atom. The quantitative estimate of drug-likeness (QED) is 0.663. The van der Waals surface area contributed by atoms with Gasteiger partial charge in [-0.25, -0.2) is 0 Å². The smallest absolute Gasteiger partial charge is 0.0219 e. The highest BCUT2D eigenvalue weighted by Gasteiger charge is 2.19. The molecule has 0 amide bonds. The van der Waals surface area contributed by atoms with Crippen LogP contribution in [0.4, 0.5) is 0 Å². The van der Waals surface area contributed by atoms with E-state index in [0.29, 0.717) is 6.04 Å². The van der Waals surface area contributed by atoms with Crippen LogP contribution < -0.4 is 5.32 Å². The van der Waals surface area contributed by atoms with Gasteiger partial charge in [0.1, 0.15) is 0 Å². The van der Waals surface area contributed by atoms with E-state index < -0.39 is 0 Å². The van der Waals surface area contributed by atoms with Gasteiger partial charge in [-0.3, -0.25) is 0 Å². The van der Waals surface area contributed by atoms with Crippen LogP contribution in [0.25, 0.3) is 0 Å². The second-order valence-corrected chi connectivity index (χ2v) is 4.73. The molecule has 0 heterocycles. The zero-order valence-corrected chi connectivity index (χ0v) is 9.76. The maximum Gasteiger partial charge on any atom is 0.0219 e. The van der Waals surface area contributed by atoms with E-state index in [1.807, 2.05) is 6.08 Å². The average Bonchev–Trinajstić information content (AvgIpc) is 2.26. The highest BCUT2D eigenvalue weighted by molar-refractivity contribution is 4.83. The van der Waals surface area contributed by atoms with Gasteiger partial charge in [-0.1, -0.05) is 32.3 Å². The lowest BCUT2D eigenvalue weighted by atomic mass is 9.81. The van der Waals surface area contributed by atoms with E-state index in [9.17, 15) is 0 Å². The minimum Gasteiger partial charge on any atom is -0.311 e. The molecule has 1 heteroatoms. The van der Waals surface area contributed by atoms with Crippen LogP contribution in [0.1, 0.15) is 46.0 Å². The lowest BCUT2D eigenvalue weighted by Crippen LogP contribution is -2.31. The van der Waals surface area contributed by atoms with Crippen molar-refractivity contribution in [1.82, 2.24) is 5.32 Å². The minimum absolute atomic E-state index is 0.471. The lowest BCUT2D eigenvalue weighted by molar-refractivity contribution is 0.261. The van der Waals surface area contributed by atoms with Gasteiger partial charge in [0, 0.05) is 6.04 Å². The Hall–Kier alpha value is -0.300. The molecule has 1 rings (SSSR count). The van der Waals surface area contributed by atoms with Gasteiger partial charge in [0.15, 0.2) is 0 Å². The first-order valence-corrected chi connectivity index (χ1v) is 6.12. The van der Waals surface area contributed by atoms with Gasteiger partial charge in [0.2, 0.25) is 0 Å². The molecule has 82 valence electrons. The van der Waals surface area contributed by atoms with Gasteiger partial charge in [-0.05, 0) is 38.1 Å². The third-order valence-electron chi connectivity index (χ3n) is 3.63. The minimum atomic E-state index is 0.471. The van der Waals surface area contributed by atoms with Gasteiger partial charge in [-0.2, -0.15) is 0 Å². The maximum atomic E-state index is 3.79. The van der Waals surface area contributed by atoms with Crippen LogP contribution in [0.5, 0.6) is 0 Å². The molecule has 0 saturated heterocycles.